The van der Waals surface area contributed by atoms with Gasteiger partial charge in [0.15, 0.2) is 0 Å². The first-order chi connectivity index (χ1) is 9.38. The Labute approximate surface area is 114 Å². The van der Waals surface area contributed by atoms with E-state index >= 15 is 0 Å². The molecule has 2 N–H and O–H groups in total. The van der Waals surface area contributed by atoms with Crippen molar-refractivity contribution in [3.05, 3.63) is 48.7 Å². The zero-order valence-corrected chi connectivity index (χ0v) is 11.4. The predicted molar refractivity (Wildman–Crippen MR) is 81.3 cm³/mol. The molecule has 2 nitrogen and oxygen atoms in total. The second-order valence-corrected chi connectivity index (χ2v) is 5.55. The molecule has 2 heteroatoms. The third-order valence-electron chi connectivity index (χ3n) is 4.44. The number of H-pyrrole nitrogens is 1. The standard InChI is InChI=1S/C17H22N2/c1-2-13-11-18-10-9-14(13)7-8-15-12-19-17-6-4-3-5-16(15)17/h2-6,12-14,18-19H,1,7-11H2/t13-,14-/m1/s1. The molecule has 1 aliphatic heterocycles. The molecule has 3 rings (SSSR count). The molecule has 2 aromatic rings. The molecular weight excluding hydrogens is 232 g/mol. The first-order valence-corrected chi connectivity index (χ1v) is 7.27. The zero-order chi connectivity index (χ0) is 13.1. The van der Waals surface area contributed by atoms with Gasteiger partial charge in [-0.05, 0) is 49.3 Å². The van der Waals surface area contributed by atoms with Gasteiger partial charge in [-0.15, -0.1) is 6.58 Å². The molecule has 2 heterocycles. The summed E-state index contributed by atoms with van der Waals surface area (Å²) in [5.74, 6) is 1.42. The minimum Gasteiger partial charge on any atom is -0.361 e. The first-order valence-electron chi connectivity index (χ1n) is 7.27. The van der Waals surface area contributed by atoms with Crippen molar-refractivity contribution in [1.29, 1.82) is 0 Å². The van der Waals surface area contributed by atoms with E-state index in [0.29, 0.717) is 5.92 Å². The number of aromatic amines is 1. The smallest absolute Gasteiger partial charge is 0.0456 e. The van der Waals surface area contributed by atoms with Crippen molar-refractivity contribution in [3.8, 4) is 0 Å². The number of aromatic nitrogens is 1. The van der Waals surface area contributed by atoms with Crippen LogP contribution in [0.1, 0.15) is 18.4 Å². The van der Waals surface area contributed by atoms with Crippen molar-refractivity contribution < 1.29 is 0 Å². The van der Waals surface area contributed by atoms with Crippen LogP contribution in [0.5, 0.6) is 0 Å². The van der Waals surface area contributed by atoms with Crippen LogP contribution in [-0.2, 0) is 6.42 Å². The van der Waals surface area contributed by atoms with E-state index in [0.717, 1.165) is 19.0 Å². The third kappa shape index (κ3) is 2.59. The van der Waals surface area contributed by atoms with Crippen molar-refractivity contribution in [2.75, 3.05) is 13.1 Å². The van der Waals surface area contributed by atoms with E-state index in [4.69, 9.17) is 0 Å². The van der Waals surface area contributed by atoms with E-state index in [9.17, 15) is 0 Å². The highest BCUT2D eigenvalue weighted by atomic mass is 14.9. The van der Waals surface area contributed by atoms with Gasteiger partial charge in [-0.2, -0.15) is 0 Å². The molecule has 0 amide bonds. The summed E-state index contributed by atoms with van der Waals surface area (Å²) in [5, 5.41) is 4.84. The average Bonchev–Trinajstić information content (AvgIpc) is 2.89. The molecule has 19 heavy (non-hydrogen) atoms. The summed E-state index contributed by atoms with van der Waals surface area (Å²) in [4.78, 5) is 3.37. The van der Waals surface area contributed by atoms with Gasteiger partial charge in [0.25, 0.3) is 0 Å². The lowest BCUT2D eigenvalue weighted by Gasteiger charge is -2.30. The number of rotatable bonds is 4. The topological polar surface area (TPSA) is 27.8 Å². The highest BCUT2D eigenvalue weighted by Gasteiger charge is 2.22. The monoisotopic (exact) mass is 254 g/mol. The fourth-order valence-electron chi connectivity index (χ4n) is 3.25. The Hall–Kier alpha value is -1.54. The van der Waals surface area contributed by atoms with Crippen molar-refractivity contribution in [2.24, 2.45) is 11.8 Å². The van der Waals surface area contributed by atoms with Crippen molar-refractivity contribution in [2.45, 2.75) is 19.3 Å². The molecule has 100 valence electrons. The van der Waals surface area contributed by atoms with Crippen LogP contribution in [0.25, 0.3) is 10.9 Å². The maximum atomic E-state index is 3.98. The molecule has 1 saturated heterocycles. The summed E-state index contributed by atoms with van der Waals surface area (Å²) in [6.45, 7) is 6.24. The lowest BCUT2D eigenvalue weighted by Crippen LogP contribution is -2.35. The molecule has 1 aromatic heterocycles. The summed E-state index contributed by atoms with van der Waals surface area (Å²) in [6.07, 6.45) is 8.01. The molecule has 1 aliphatic rings. The van der Waals surface area contributed by atoms with Gasteiger partial charge < -0.3 is 10.3 Å². The van der Waals surface area contributed by atoms with Gasteiger partial charge in [-0.1, -0.05) is 24.3 Å². The van der Waals surface area contributed by atoms with Gasteiger partial charge >= 0.3 is 0 Å². The molecule has 0 spiro atoms. The van der Waals surface area contributed by atoms with Crippen LogP contribution < -0.4 is 5.32 Å². The average molecular weight is 254 g/mol. The SMILES string of the molecule is C=C[C@@H]1CNCC[C@H]1CCc1c[nH]c2ccccc12. The Kier molecular flexibility index (Phi) is 3.69. The number of nitrogens with one attached hydrogen (secondary N) is 2. The van der Waals surface area contributed by atoms with Crippen LogP contribution in [0.15, 0.2) is 43.1 Å². The highest BCUT2D eigenvalue weighted by Crippen LogP contribution is 2.27. The Morgan fingerprint density at radius 1 is 1.32 bits per heavy atom. The normalized spacial score (nSPS) is 23.6. The van der Waals surface area contributed by atoms with Gasteiger partial charge in [0.2, 0.25) is 0 Å². The van der Waals surface area contributed by atoms with E-state index in [1.165, 1.54) is 35.7 Å². The maximum Gasteiger partial charge on any atom is 0.0456 e. The number of fused-ring (bicyclic) bond motifs is 1. The molecule has 0 unspecified atom stereocenters. The minimum atomic E-state index is 0.638. The Morgan fingerprint density at radius 2 is 2.21 bits per heavy atom. The third-order valence-corrected chi connectivity index (χ3v) is 4.44. The molecule has 1 fully saturated rings. The van der Waals surface area contributed by atoms with Gasteiger partial charge in [0, 0.05) is 23.6 Å². The number of aryl methyl sites for hydroxylation is 1. The van der Waals surface area contributed by atoms with Crippen molar-refractivity contribution in [1.82, 2.24) is 10.3 Å². The second kappa shape index (κ2) is 5.62. The minimum absolute atomic E-state index is 0.638. The fourth-order valence-corrected chi connectivity index (χ4v) is 3.25. The molecule has 0 saturated carbocycles. The van der Waals surface area contributed by atoms with E-state index in [-0.39, 0.29) is 0 Å². The largest absolute Gasteiger partial charge is 0.361 e. The van der Waals surface area contributed by atoms with Gasteiger partial charge in [0.05, 0.1) is 0 Å². The Balaban J connectivity index is 1.70. The van der Waals surface area contributed by atoms with E-state index in [1.54, 1.807) is 0 Å². The zero-order valence-electron chi connectivity index (χ0n) is 11.4. The first kappa shape index (κ1) is 12.5. The quantitative estimate of drug-likeness (QED) is 0.803. The van der Waals surface area contributed by atoms with Crippen LogP contribution in [0.4, 0.5) is 0 Å². The Morgan fingerprint density at radius 3 is 3.11 bits per heavy atom. The van der Waals surface area contributed by atoms with Crippen LogP contribution >= 0.6 is 0 Å². The predicted octanol–water partition coefficient (Wildman–Crippen LogP) is 3.51. The molecular formula is C17H22N2. The summed E-state index contributed by atoms with van der Waals surface area (Å²) >= 11 is 0. The Bertz CT molecular complexity index is 555. The number of hydrogen-bond donors (Lipinski definition) is 2. The van der Waals surface area contributed by atoms with Crippen molar-refractivity contribution >= 4 is 10.9 Å². The summed E-state index contributed by atoms with van der Waals surface area (Å²) in [6, 6.07) is 8.57. The van der Waals surface area contributed by atoms with Crippen LogP contribution in [0, 0.1) is 11.8 Å². The van der Waals surface area contributed by atoms with E-state index in [1.807, 2.05) is 0 Å². The van der Waals surface area contributed by atoms with E-state index in [2.05, 4.69) is 53.4 Å². The fraction of sp³-hybridized carbons (Fsp3) is 0.412. The van der Waals surface area contributed by atoms with Crippen LogP contribution in [-0.4, -0.2) is 18.1 Å². The highest BCUT2D eigenvalue weighted by molar-refractivity contribution is 5.82. The molecule has 0 radical (unpaired) electrons. The maximum absolute atomic E-state index is 3.98. The molecule has 0 bridgehead atoms. The van der Waals surface area contributed by atoms with Gasteiger partial charge in [0.1, 0.15) is 0 Å². The van der Waals surface area contributed by atoms with Crippen LogP contribution in [0.3, 0.4) is 0 Å². The van der Waals surface area contributed by atoms with Crippen LogP contribution in [0.2, 0.25) is 0 Å². The second-order valence-electron chi connectivity index (χ2n) is 5.55. The number of benzene rings is 1. The lowest BCUT2D eigenvalue weighted by atomic mass is 9.82. The molecule has 0 aliphatic carbocycles. The lowest BCUT2D eigenvalue weighted by molar-refractivity contribution is 0.285. The number of hydrogen-bond acceptors (Lipinski definition) is 1. The summed E-state index contributed by atoms with van der Waals surface area (Å²) in [5.41, 5.74) is 2.71. The number of para-hydroxylation sites is 1. The molecule has 2 atom stereocenters. The van der Waals surface area contributed by atoms with Gasteiger partial charge in [-0.3, -0.25) is 0 Å². The summed E-state index contributed by atoms with van der Waals surface area (Å²) in [7, 11) is 0. The van der Waals surface area contributed by atoms with Gasteiger partial charge in [-0.25, -0.2) is 0 Å². The van der Waals surface area contributed by atoms with E-state index < -0.39 is 0 Å². The number of piperidine rings is 1. The van der Waals surface area contributed by atoms with Crippen molar-refractivity contribution in [3.63, 3.8) is 0 Å². The molecule has 1 aromatic carbocycles. The summed E-state index contributed by atoms with van der Waals surface area (Å²) < 4.78 is 0.